The largest absolute Gasteiger partial charge is 0.478 e. The van der Waals surface area contributed by atoms with Crippen molar-refractivity contribution in [3.63, 3.8) is 0 Å². The van der Waals surface area contributed by atoms with Crippen LogP contribution in [0.1, 0.15) is 23.2 Å². The van der Waals surface area contributed by atoms with Crippen LogP contribution in [0.15, 0.2) is 18.2 Å². The number of benzene rings is 1. The first-order valence-corrected chi connectivity index (χ1v) is 8.59. The van der Waals surface area contributed by atoms with Crippen LogP contribution in [0.3, 0.4) is 0 Å². The molecule has 1 unspecified atom stereocenters. The van der Waals surface area contributed by atoms with E-state index in [1.54, 1.807) is 0 Å². The van der Waals surface area contributed by atoms with Gasteiger partial charge in [0, 0.05) is 5.92 Å². The van der Waals surface area contributed by atoms with Gasteiger partial charge in [0.2, 0.25) is 9.70 Å². The van der Waals surface area contributed by atoms with Crippen LogP contribution in [-0.2, 0) is 4.79 Å². The van der Waals surface area contributed by atoms with Gasteiger partial charge in [0.15, 0.2) is 5.11 Å². The molecule has 136 valence electrons. The first-order valence-electron chi connectivity index (χ1n) is 7.05. The average molecular weight is 429 g/mol. The summed E-state index contributed by atoms with van der Waals surface area (Å²) in [6, 6.07) is 3.12. The summed E-state index contributed by atoms with van der Waals surface area (Å²) in [7, 11) is 0. The second kappa shape index (κ2) is 7.90. The van der Waals surface area contributed by atoms with Crippen molar-refractivity contribution in [2.24, 2.45) is 5.92 Å². The zero-order chi connectivity index (χ0) is 18.8. The Balaban J connectivity index is 2.08. The van der Waals surface area contributed by atoms with Crippen molar-refractivity contribution >= 4 is 69.7 Å². The second-order valence-electron chi connectivity index (χ2n) is 5.35. The second-order valence-corrected chi connectivity index (χ2v) is 8.13. The molecule has 0 saturated heterocycles. The zero-order valence-corrected chi connectivity index (χ0v) is 15.6. The van der Waals surface area contributed by atoms with Gasteiger partial charge in [-0.2, -0.15) is 0 Å². The molecule has 11 heteroatoms. The molecule has 0 heterocycles. The van der Waals surface area contributed by atoms with Crippen molar-refractivity contribution in [2.45, 2.75) is 22.8 Å². The van der Waals surface area contributed by atoms with E-state index in [1.807, 2.05) is 0 Å². The fraction of sp³-hybridized carbons (Fsp3) is 0.357. The maximum atomic E-state index is 13.2. The average Bonchev–Trinajstić information content (AvgIpc) is 3.31. The zero-order valence-electron chi connectivity index (χ0n) is 12.5. The first kappa shape index (κ1) is 20.0. The number of amides is 1. The van der Waals surface area contributed by atoms with Crippen LogP contribution in [0.2, 0.25) is 0 Å². The molecule has 4 N–H and O–H groups in total. The van der Waals surface area contributed by atoms with E-state index >= 15 is 0 Å². The number of rotatable bonds is 5. The molecule has 1 atom stereocenters. The molecule has 0 bridgehead atoms. The molecule has 0 spiro atoms. The Morgan fingerprint density at radius 3 is 2.44 bits per heavy atom. The van der Waals surface area contributed by atoms with E-state index in [0.717, 1.165) is 25.0 Å². The maximum Gasteiger partial charge on any atom is 0.337 e. The van der Waals surface area contributed by atoms with Crippen LogP contribution in [0.4, 0.5) is 10.1 Å². The number of nitrogens with one attached hydrogen (secondary N) is 3. The third kappa shape index (κ3) is 5.85. The van der Waals surface area contributed by atoms with Gasteiger partial charge in [-0.15, -0.1) is 0 Å². The van der Waals surface area contributed by atoms with Crippen LogP contribution in [0.25, 0.3) is 0 Å². The van der Waals surface area contributed by atoms with E-state index in [2.05, 4.69) is 16.0 Å². The van der Waals surface area contributed by atoms with Crippen LogP contribution in [-0.4, -0.2) is 32.1 Å². The smallest absolute Gasteiger partial charge is 0.337 e. The number of anilines is 1. The Morgan fingerprint density at radius 1 is 1.28 bits per heavy atom. The molecule has 1 saturated carbocycles. The summed E-state index contributed by atoms with van der Waals surface area (Å²) in [5, 5.41) is 16.7. The van der Waals surface area contributed by atoms with Crippen LogP contribution in [0, 0.1) is 11.7 Å². The fourth-order valence-corrected chi connectivity index (χ4v) is 2.45. The molecule has 1 amide bonds. The lowest BCUT2D eigenvalue weighted by atomic mass is 10.2. The highest BCUT2D eigenvalue weighted by molar-refractivity contribution is 7.80. The number of alkyl halides is 3. The van der Waals surface area contributed by atoms with Gasteiger partial charge in [0.1, 0.15) is 12.0 Å². The molecule has 1 aliphatic rings. The number of carboxylic acid groups (broad SMARTS) is 1. The Morgan fingerprint density at radius 2 is 1.92 bits per heavy atom. The van der Waals surface area contributed by atoms with Gasteiger partial charge in [-0.1, -0.05) is 34.8 Å². The molecule has 0 aromatic heterocycles. The minimum atomic E-state index is -1.91. The van der Waals surface area contributed by atoms with Gasteiger partial charge >= 0.3 is 5.97 Å². The highest BCUT2D eigenvalue weighted by Crippen LogP contribution is 2.32. The summed E-state index contributed by atoms with van der Waals surface area (Å²) >= 11 is 22.6. The highest BCUT2D eigenvalue weighted by atomic mass is 35.6. The van der Waals surface area contributed by atoms with Gasteiger partial charge < -0.3 is 21.1 Å². The summed E-state index contributed by atoms with van der Waals surface area (Å²) in [5.74, 6) is -2.45. The predicted molar refractivity (Wildman–Crippen MR) is 97.7 cm³/mol. The number of halogens is 4. The van der Waals surface area contributed by atoms with Crippen molar-refractivity contribution in [2.75, 3.05) is 5.32 Å². The van der Waals surface area contributed by atoms with Crippen molar-refractivity contribution in [3.05, 3.63) is 29.6 Å². The lowest BCUT2D eigenvalue weighted by molar-refractivity contribution is -0.123. The standard InChI is InChI=1S/C14H13Cl3FN3O3S/c15-14(16,17)12(20-10(22)6-1-2-6)21-13(25)19-9-4-3-7(18)5-8(9)11(23)24/h3-6,12H,1-2H2,(H,20,22)(H,23,24)(H2,19,21,25). The summed E-state index contributed by atoms with van der Waals surface area (Å²) in [6.45, 7) is 0. The summed E-state index contributed by atoms with van der Waals surface area (Å²) in [4.78, 5) is 23.0. The number of carbonyl (C=O) groups is 2. The molecule has 6 nitrogen and oxygen atoms in total. The Bertz CT molecular complexity index is 710. The van der Waals surface area contributed by atoms with Gasteiger partial charge in [-0.3, -0.25) is 4.79 Å². The van der Waals surface area contributed by atoms with Crippen molar-refractivity contribution < 1.29 is 19.1 Å². The van der Waals surface area contributed by atoms with E-state index < -0.39 is 21.7 Å². The third-order valence-electron chi connectivity index (χ3n) is 3.30. The van der Waals surface area contributed by atoms with Crippen molar-refractivity contribution in [3.8, 4) is 0 Å². The molecule has 1 aliphatic carbocycles. The molecule has 1 aromatic rings. The number of aromatic carboxylic acids is 1. The quantitative estimate of drug-likeness (QED) is 0.327. The Kier molecular flexibility index (Phi) is 6.31. The molecule has 2 rings (SSSR count). The van der Waals surface area contributed by atoms with E-state index in [1.165, 1.54) is 6.07 Å². The van der Waals surface area contributed by atoms with Gasteiger partial charge in [-0.25, -0.2) is 9.18 Å². The molecule has 1 fully saturated rings. The van der Waals surface area contributed by atoms with E-state index in [4.69, 9.17) is 52.1 Å². The fourth-order valence-electron chi connectivity index (χ4n) is 1.90. The molecule has 1 aromatic carbocycles. The Labute approximate surface area is 163 Å². The third-order valence-corrected chi connectivity index (χ3v) is 4.17. The molecular weight excluding hydrogens is 416 g/mol. The van der Waals surface area contributed by atoms with E-state index in [9.17, 15) is 14.0 Å². The van der Waals surface area contributed by atoms with Crippen LogP contribution < -0.4 is 16.0 Å². The van der Waals surface area contributed by atoms with Gasteiger partial charge in [-0.05, 0) is 43.3 Å². The number of carboxylic acids is 1. The number of thiocarbonyl (C=S) groups is 1. The monoisotopic (exact) mass is 427 g/mol. The maximum absolute atomic E-state index is 13.2. The SMILES string of the molecule is O=C(O)c1cc(F)ccc1NC(=S)NC(NC(=O)C1CC1)C(Cl)(Cl)Cl. The molecule has 25 heavy (non-hydrogen) atoms. The van der Waals surface area contributed by atoms with Crippen LogP contribution in [0.5, 0.6) is 0 Å². The Hall–Kier alpha value is -1.35. The predicted octanol–water partition coefficient (Wildman–Crippen LogP) is 3.03. The van der Waals surface area contributed by atoms with E-state index in [-0.39, 0.29) is 28.2 Å². The summed E-state index contributed by atoms with van der Waals surface area (Å²) < 4.78 is 11.3. The number of hydrogen-bond acceptors (Lipinski definition) is 3. The lowest BCUT2D eigenvalue weighted by Gasteiger charge is -2.28. The van der Waals surface area contributed by atoms with Crippen LogP contribution >= 0.6 is 47.0 Å². The summed E-state index contributed by atoms with van der Waals surface area (Å²) in [5.41, 5.74) is -0.278. The molecule has 0 aliphatic heterocycles. The van der Waals surface area contributed by atoms with Gasteiger partial charge in [0.25, 0.3) is 0 Å². The topological polar surface area (TPSA) is 90.5 Å². The number of carbonyl (C=O) groups excluding carboxylic acids is 1. The summed E-state index contributed by atoms with van der Waals surface area (Å²) in [6.07, 6.45) is 0.386. The van der Waals surface area contributed by atoms with Gasteiger partial charge in [0.05, 0.1) is 11.3 Å². The van der Waals surface area contributed by atoms with Crippen molar-refractivity contribution in [1.29, 1.82) is 0 Å². The van der Waals surface area contributed by atoms with E-state index in [0.29, 0.717) is 0 Å². The molecule has 0 radical (unpaired) electrons. The number of hydrogen-bond donors (Lipinski definition) is 4. The normalized spacial score (nSPS) is 15.2. The van der Waals surface area contributed by atoms with Crippen molar-refractivity contribution in [1.82, 2.24) is 10.6 Å². The first-order chi connectivity index (χ1) is 11.6. The highest BCUT2D eigenvalue weighted by Gasteiger charge is 2.38. The minimum Gasteiger partial charge on any atom is -0.478 e. The minimum absolute atomic E-state index is 0.0444. The molecular formula is C14H13Cl3FN3O3S. The lowest BCUT2D eigenvalue weighted by Crippen LogP contribution is -2.56.